The van der Waals surface area contributed by atoms with Crippen LogP contribution in [0.3, 0.4) is 0 Å². The summed E-state index contributed by atoms with van der Waals surface area (Å²) in [7, 11) is 2.08. The Morgan fingerprint density at radius 1 is 1.37 bits per heavy atom. The van der Waals surface area contributed by atoms with E-state index in [-0.39, 0.29) is 0 Å². The van der Waals surface area contributed by atoms with E-state index in [0.717, 1.165) is 25.2 Å². The average molecular weight is 277 g/mol. The monoisotopic (exact) mass is 277 g/mol. The third-order valence-corrected chi connectivity index (χ3v) is 6.02. The van der Waals surface area contributed by atoms with Crippen molar-refractivity contribution < 1.29 is 4.74 Å². The maximum Gasteiger partial charge on any atom is 0.127 e. The van der Waals surface area contributed by atoms with Gasteiger partial charge in [-0.2, -0.15) is 11.8 Å². The predicted molar refractivity (Wildman–Crippen MR) is 82.2 cm³/mol. The van der Waals surface area contributed by atoms with E-state index >= 15 is 0 Å². The van der Waals surface area contributed by atoms with Crippen molar-refractivity contribution in [3.05, 3.63) is 29.3 Å². The normalized spacial score (nSPS) is 27.7. The van der Waals surface area contributed by atoms with Crippen LogP contribution in [0.15, 0.2) is 18.2 Å². The Labute approximate surface area is 120 Å². The lowest BCUT2D eigenvalue weighted by Crippen LogP contribution is -2.36. The molecule has 1 N–H and O–H groups in total. The number of thioether (sulfide) groups is 1. The molecule has 1 fully saturated rings. The zero-order valence-corrected chi connectivity index (χ0v) is 12.7. The van der Waals surface area contributed by atoms with Crippen molar-refractivity contribution >= 4 is 11.8 Å². The van der Waals surface area contributed by atoms with E-state index in [4.69, 9.17) is 4.74 Å². The van der Waals surface area contributed by atoms with Gasteiger partial charge in [-0.05, 0) is 51.0 Å². The van der Waals surface area contributed by atoms with Crippen LogP contribution in [0.5, 0.6) is 5.75 Å². The molecule has 2 atom stereocenters. The van der Waals surface area contributed by atoms with Crippen LogP contribution in [0.4, 0.5) is 0 Å². The van der Waals surface area contributed by atoms with Crippen LogP contribution in [-0.2, 0) is 6.42 Å². The van der Waals surface area contributed by atoms with Gasteiger partial charge < -0.3 is 10.1 Å². The summed E-state index contributed by atoms with van der Waals surface area (Å²) in [6.45, 7) is 3.26. The Morgan fingerprint density at radius 3 is 3.00 bits per heavy atom. The zero-order valence-electron chi connectivity index (χ0n) is 11.9. The Hall–Kier alpha value is -0.670. The molecule has 3 heteroatoms. The highest BCUT2D eigenvalue weighted by atomic mass is 32.2. The second-order valence-electron chi connectivity index (χ2n) is 5.77. The van der Waals surface area contributed by atoms with Crippen molar-refractivity contribution in [3.63, 3.8) is 0 Å². The fourth-order valence-electron chi connectivity index (χ4n) is 3.46. The number of rotatable bonds is 3. The minimum Gasteiger partial charge on any atom is -0.493 e. The molecule has 2 nitrogen and oxygen atoms in total. The van der Waals surface area contributed by atoms with Crippen molar-refractivity contribution in [2.75, 3.05) is 19.4 Å². The minimum atomic E-state index is 0.296. The van der Waals surface area contributed by atoms with Crippen LogP contribution in [0, 0.1) is 0 Å². The van der Waals surface area contributed by atoms with Gasteiger partial charge in [0, 0.05) is 10.3 Å². The standard InChI is InChI=1S/C16H23NOS/c1-16(9-5-11-19-16)15(17-2)13-8-3-6-12-7-4-10-18-14(12)13/h3,6,8,15,17H,4-5,7,9-11H2,1-2H3. The van der Waals surface area contributed by atoms with E-state index in [9.17, 15) is 0 Å². The van der Waals surface area contributed by atoms with E-state index < -0.39 is 0 Å². The molecular weight excluding hydrogens is 254 g/mol. The highest BCUT2D eigenvalue weighted by molar-refractivity contribution is 8.00. The largest absolute Gasteiger partial charge is 0.493 e. The minimum absolute atomic E-state index is 0.296. The third kappa shape index (κ3) is 2.38. The van der Waals surface area contributed by atoms with Gasteiger partial charge in [0.1, 0.15) is 5.75 Å². The van der Waals surface area contributed by atoms with Crippen molar-refractivity contribution in [1.82, 2.24) is 5.32 Å². The molecule has 1 saturated heterocycles. The first-order chi connectivity index (χ1) is 9.24. The number of hydrogen-bond acceptors (Lipinski definition) is 3. The molecule has 19 heavy (non-hydrogen) atoms. The van der Waals surface area contributed by atoms with E-state index in [2.05, 4.69) is 49.2 Å². The van der Waals surface area contributed by atoms with Crippen LogP contribution in [0.25, 0.3) is 0 Å². The van der Waals surface area contributed by atoms with Crippen LogP contribution in [0.1, 0.15) is 43.4 Å². The molecule has 2 aliphatic heterocycles. The number of benzene rings is 1. The third-order valence-electron chi connectivity index (χ3n) is 4.42. The van der Waals surface area contributed by atoms with E-state index in [0.29, 0.717) is 10.8 Å². The van der Waals surface area contributed by atoms with Crippen LogP contribution >= 0.6 is 11.8 Å². The first-order valence-corrected chi connectivity index (χ1v) is 8.29. The number of ether oxygens (including phenoxy) is 1. The number of hydrogen-bond donors (Lipinski definition) is 1. The summed E-state index contributed by atoms with van der Waals surface area (Å²) in [5.41, 5.74) is 2.74. The Balaban J connectivity index is 1.99. The van der Waals surface area contributed by atoms with Gasteiger partial charge in [0.25, 0.3) is 0 Å². The summed E-state index contributed by atoms with van der Waals surface area (Å²) in [6.07, 6.45) is 4.91. The lowest BCUT2D eigenvalue weighted by atomic mass is 9.88. The smallest absolute Gasteiger partial charge is 0.127 e. The molecule has 1 aromatic carbocycles. The van der Waals surface area contributed by atoms with E-state index in [1.165, 1.54) is 29.7 Å². The van der Waals surface area contributed by atoms with Gasteiger partial charge in [-0.1, -0.05) is 18.2 Å². The second kappa shape index (κ2) is 5.37. The maximum atomic E-state index is 5.99. The van der Waals surface area contributed by atoms with Gasteiger partial charge >= 0.3 is 0 Å². The molecule has 0 aliphatic carbocycles. The zero-order chi connectivity index (χ0) is 13.3. The van der Waals surface area contributed by atoms with Gasteiger partial charge in [0.15, 0.2) is 0 Å². The molecular formula is C16H23NOS. The average Bonchev–Trinajstić information content (AvgIpc) is 2.87. The number of para-hydroxylation sites is 1. The van der Waals surface area contributed by atoms with Gasteiger partial charge in [0.05, 0.1) is 12.6 Å². The molecule has 0 spiro atoms. The molecule has 2 unspecified atom stereocenters. The van der Waals surface area contributed by atoms with Gasteiger partial charge in [-0.25, -0.2) is 0 Å². The lowest BCUT2D eigenvalue weighted by molar-refractivity contribution is 0.278. The Morgan fingerprint density at radius 2 is 2.26 bits per heavy atom. The first kappa shape index (κ1) is 13.3. The fourth-order valence-corrected chi connectivity index (χ4v) is 4.92. The number of nitrogens with one attached hydrogen (secondary N) is 1. The molecule has 3 rings (SSSR count). The van der Waals surface area contributed by atoms with Gasteiger partial charge in [0.2, 0.25) is 0 Å². The van der Waals surface area contributed by atoms with Crippen LogP contribution in [0.2, 0.25) is 0 Å². The van der Waals surface area contributed by atoms with Crippen LogP contribution < -0.4 is 10.1 Å². The molecule has 2 heterocycles. The topological polar surface area (TPSA) is 21.3 Å². The van der Waals surface area contributed by atoms with Crippen LogP contribution in [-0.4, -0.2) is 24.2 Å². The molecule has 2 aliphatic rings. The van der Waals surface area contributed by atoms with Crippen molar-refractivity contribution in [3.8, 4) is 5.75 Å². The van der Waals surface area contributed by atoms with E-state index in [1.807, 2.05) is 0 Å². The summed E-state index contributed by atoms with van der Waals surface area (Å²) in [5, 5.41) is 3.55. The highest BCUT2D eigenvalue weighted by Crippen LogP contribution is 2.49. The van der Waals surface area contributed by atoms with Crippen molar-refractivity contribution in [2.24, 2.45) is 0 Å². The Kier molecular flexibility index (Phi) is 3.77. The summed E-state index contributed by atoms with van der Waals surface area (Å²) in [6, 6.07) is 7.04. The van der Waals surface area contributed by atoms with E-state index in [1.54, 1.807) is 0 Å². The summed E-state index contributed by atoms with van der Waals surface area (Å²) in [4.78, 5) is 0. The van der Waals surface area contributed by atoms with Gasteiger partial charge in [-0.15, -0.1) is 0 Å². The predicted octanol–water partition coefficient (Wildman–Crippen LogP) is 3.56. The quantitative estimate of drug-likeness (QED) is 0.913. The SMILES string of the molecule is CNC(c1cccc2c1OCCC2)C1(C)CCCS1. The molecule has 0 saturated carbocycles. The molecule has 0 radical (unpaired) electrons. The lowest BCUT2D eigenvalue weighted by Gasteiger charge is -2.35. The summed E-state index contributed by atoms with van der Waals surface area (Å²) >= 11 is 2.10. The number of fused-ring (bicyclic) bond motifs is 1. The summed E-state index contributed by atoms with van der Waals surface area (Å²) < 4.78 is 6.29. The molecule has 0 bridgehead atoms. The molecule has 0 aromatic heterocycles. The first-order valence-electron chi connectivity index (χ1n) is 7.30. The molecule has 1 aromatic rings. The maximum absolute atomic E-state index is 5.99. The van der Waals surface area contributed by atoms with Crippen molar-refractivity contribution in [1.29, 1.82) is 0 Å². The molecule has 104 valence electrons. The number of aryl methyl sites for hydroxylation is 1. The molecule has 0 amide bonds. The summed E-state index contributed by atoms with van der Waals surface area (Å²) in [5.74, 6) is 2.44. The van der Waals surface area contributed by atoms with Gasteiger partial charge in [-0.3, -0.25) is 0 Å². The second-order valence-corrected chi connectivity index (χ2v) is 7.40. The highest BCUT2D eigenvalue weighted by Gasteiger charge is 2.39. The van der Waals surface area contributed by atoms with Crippen molar-refractivity contribution in [2.45, 2.75) is 43.4 Å². The Bertz CT molecular complexity index is 454. The fraction of sp³-hybridized carbons (Fsp3) is 0.625.